The van der Waals surface area contributed by atoms with Gasteiger partial charge in [-0.3, -0.25) is 0 Å². The van der Waals surface area contributed by atoms with Gasteiger partial charge in [-0.2, -0.15) is 0 Å². The minimum Gasteiger partial charge on any atom is -0.687 e. The van der Waals surface area contributed by atoms with Crippen molar-refractivity contribution in [3.8, 4) is 0 Å². The normalized spacial score (nSPS) is 11.6. The molecule has 0 aliphatic rings. The summed E-state index contributed by atoms with van der Waals surface area (Å²) in [4.78, 5) is 0. The van der Waals surface area contributed by atoms with Crippen molar-refractivity contribution < 1.29 is 103 Å². The average Bonchev–Trinajstić information content (AvgIpc) is 1.76. The van der Waals surface area contributed by atoms with Crippen LogP contribution in [0.3, 0.4) is 0 Å². The van der Waals surface area contributed by atoms with Gasteiger partial charge < -0.3 is 10.6 Å². The van der Waals surface area contributed by atoms with Crippen LogP contribution in [-0.2, 0) is 0 Å². The fourth-order valence-electron chi connectivity index (χ4n) is 0.514. The molecule has 0 aliphatic carbocycles. The Kier molecular flexibility index (Phi) is 15.0. The Morgan fingerprint density at radius 3 is 1.00 bits per heavy atom. The van der Waals surface area contributed by atoms with E-state index >= 15 is 0 Å². The Bertz CT molecular complexity index is 136. The molecule has 0 bridgehead atoms. The molecule has 0 rings (SSSR count). The molecular formula is C10H20K2N2. The molecule has 72 valence electrons. The van der Waals surface area contributed by atoms with E-state index in [0.717, 1.165) is 0 Å². The van der Waals surface area contributed by atoms with Crippen LogP contribution in [0.4, 0.5) is 0 Å². The Balaban J connectivity index is -0.000000605. The molecule has 0 aromatic heterocycles. The summed E-state index contributed by atoms with van der Waals surface area (Å²) in [7, 11) is 0. The van der Waals surface area contributed by atoms with Crippen LogP contribution >= 0.6 is 0 Å². The van der Waals surface area contributed by atoms with E-state index in [4.69, 9.17) is 0 Å². The molecule has 4 heteroatoms. The molecule has 0 fully saturated rings. The molecule has 2 nitrogen and oxygen atoms in total. The van der Waals surface area contributed by atoms with Crippen molar-refractivity contribution in [3.05, 3.63) is 23.0 Å². The van der Waals surface area contributed by atoms with Crippen LogP contribution in [-0.4, -0.2) is 11.1 Å². The standard InChI is InChI=1S/C10H20N2.2K/c1-9(2,3)11-7-8-12-10(4,5)6;;/h7-8H,1-6H3;;/q-2;2*+1. The molecule has 0 aliphatic heterocycles. The Labute approximate surface area is 174 Å². The molecule has 0 saturated heterocycles. The zero-order valence-electron chi connectivity index (χ0n) is 11.0. The Morgan fingerprint density at radius 1 is 0.643 bits per heavy atom. The van der Waals surface area contributed by atoms with Crippen LogP contribution in [0.15, 0.2) is 12.4 Å². The summed E-state index contributed by atoms with van der Waals surface area (Å²) in [5.41, 5.74) is 0.00775. The smallest absolute Gasteiger partial charge is 0.687 e. The van der Waals surface area contributed by atoms with E-state index in [-0.39, 0.29) is 114 Å². The fourth-order valence-corrected chi connectivity index (χ4v) is 0.514. The van der Waals surface area contributed by atoms with Crippen molar-refractivity contribution in [1.29, 1.82) is 0 Å². The van der Waals surface area contributed by atoms with Gasteiger partial charge in [-0.25, -0.2) is 12.4 Å². The van der Waals surface area contributed by atoms with Crippen LogP contribution < -0.4 is 103 Å². The number of hydrogen-bond acceptors (Lipinski definition) is 0. The molecule has 0 aromatic rings. The summed E-state index contributed by atoms with van der Waals surface area (Å²) in [6, 6.07) is 0. The van der Waals surface area contributed by atoms with Crippen LogP contribution in [0.2, 0.25) is 0 Å². The monoisotopic (exact) mass is 246 g/mol. The molecule has 0 heterocycles. The van der Waals surface area contributed by atoms with Crippen LogP contribution in [0.5, 0.6) is 0 Å². The van der Waals surface area contributed by atoms with Crippen molar-refractivity contribution in [2.45, 2.75) is 52.6 Å². The van der Waals surface area contributed by atoms with Gasteiger partial charge in [-0.05, 0) is 0 Å². The first-order valence-electron chi connectivity index (χ1n) is 4.30. The summed E-state index contributed by atoms with van der Waals surface area (Å²) < 4.78 is 0. The van der Waals surface area contributed by atoms with E-state index in [2.05, 4.69) is 52.2 Å². The first kappa shape index (κ1) is 21.9. The fraction of sp³-hybridized carbons (Fsp3) is 0.800. The van der Waals surface area contributed by atoms with Crippen molar-refractivity contribution in [3.63, 3.8) is 0 Å². The minimum atomic E-state index is 0. The third kappa shape index (κ3) is 20.1. The molecule has 0 atom stereocenters. The Morgan fingerprint density at radius 2 is 0.857 bits per heavy atom. The second-order valence-electron chi connectivity index (χ2n) is 4.90. The molecule has 0 unspecified atom stereocenters. The van der Waals surface area contributed by atoms with E-state index < -0.39 is 0 Å². The van der Waals surface area contributed by atoms with Crippen molar-refractivity contribution >= 4 is 0 Å². The largest absolute Gasteiger partial charge is 1.00 e. The first-order valence-corrected chi connectivity index (χ1v) is 4.30. The summed E-state index contributed by atoms with van der Waals surface area (Å²) in [6.07, 6.45) is 3.54. The summed E-state index contributed by atoms with van der Waals surface area (Å²) in [6.45, 7) is 12.4. The molecular weight excluding hydrogens is 226 g/mol. The van der Waals surface area contributed by atoms with E-state index in [1.165, 1.54) is 0 Å². The average molecular weight is 246 g/mol. The molecule has 14 heavy (non-hydrogen) atoms. The first-order chi connectivity index (χ1) is 5.21. The van der Waals surface area contributed by atoms with Crippen molar-refractivity contribution in [2.75, 3.05) is 0 Å². The zero-order valence-corrected chi connectivity index (χ0v) is 17.3. The molecule has 0 spiro atoms. The minimum absolute atomic E-state index is 0. The van der Waals surface area contributed by atoms with Crippen molar-refractivity contribution in [1.82, 2.24) is 0 Å². The molecule has 0 N–H and O–H groups in total. The van der Waals surface area contributed by atoms with Gasteiger partial charge in [-0.1, -0.05) is 41.5 Å². The van der Waals surface area contributed by atoms with Gasteiger partial charge in [0.15, 0.2) is 0 Å². The number of rotatable bonds is 2. The third-order valence-electron chi connectivity index (χ3n) is 0.990. The summed E-state index contributed by atoms with van der Waals surface area (Å²) in [5, 5.41) is 8.57. The quantitative estimate of drug-likeness (QED) is 0.495. The summed E-state index contributed by atoms with van der Waals surface area (Å²) >= 11 is 0. The Hall–Kier alpha value is 2.61. The molecule has 0 radical (unpaired) electrons. The maximum Gasteiger partial charge on any atom is 1.00 e. The predicted molar refractivity (Wildman–Crippen MR) is 55.4 cm³/mol. The van der Waals surface area contributed by atoms with Gasteiger partial charge in [0, 0.05) is 0 Å². The van der Waals surface area contributed by atoms with E-state index in [1.807, 2.05) is 0 Å². The van der Waals surface area contributed by atoms with Gasteiger partial charge in [0.2, 0.25) is 0 Å². The predicted octanol–water partition coefficient (Wildman–Crippen LogP) is -2.19. The maximum absolute atomic E-state index is 4.29. The molecule has 0 aromatic carbocycles. The number of nitrogens with zero attached hydrogens (tertiary/aromatic N) is 2. The van der Waals surface area contributed by atoms with E-state index in [9.17, 15) is 0 Å². The number of hydrogen-bond donors (Lipinski definition) is 0. The van der Waals surface area contributed by atoms with Crippen molar-refractivity contribution in [2.24, 2.45) is 0 Å². The van der Waals surface area contributed by atoms with E-state index in [0.29, 0.717) is 0 Å². The van der Waals surface area contributed by atoms with Crippen LogP contribution in [0.1, 0.15) is 41.5 Å². The second-order valence-corrected chi connectivity index (χ2v) is 4.90. The third-order valence-corrected chi connectivity index (χ3v) is 0.990. The van der Waals surface area contributed by atoms with Gasteiger partial charge in [0.05, 0.1) is 0 Å². The van der Waals surface area contributed by atoms with Gasteiger partial charge in [0.1, 0.15) is 0 Å². The van der Waals surface area contributed by atoms with Crippen LogP contribution in [0.25, 0.3) is 10.6 Å². The SMILES string of the molecule is CC(C)(C)[N-]C=C[N-]C(C)(C)C.[K+].[K+]. The zero-order chi connectivity index (χ0) is 9.83. The van der Waals surface area contributed by atoms with Gasteiger partial charge >= 0.3 is 103 Å². The van der Waals surface area contributed by atoms with Gasteiger partial charge in [0.25, 0.3) is 0 Å². The second kappa shape index (κ2) is 9.62. The molecule has 0 saturated carbocycles. The summed E-state index contributed by atoms with van der Waals surface area (Å²) in [5.74, 6) is 0. The van der Waals surface area contributed by atoms with E-state index in [1.54, 1.807) is 12.4 Å². The topological polar surface area (TPSA) is 28.2 Å². The van der Waals surface area contributed by atoms with Crippen LogP contribution in [0, 0.1) is 0 Å². The van der Waals surface area contributed by atoms with Gasteiger partial charge in [-0.15, -0.1) is 11.1 Å². The molecule has 0 amide bonds. The maximum atomic E-state index is 4.29.